The highest BCUT2D eigenvalue weighted by Crippen LogP contribution is 2.19. The van der Waals surface area contributed by atoms with E-state index in [0.717, 1.165) is 11.0 Å². The molecule has 0 aliphatic carbocycles. The van der Waals surface area contributed by atoms with Crippen LogP contribution < -0.4 is 0 Å². The number of hydrogen-bond donors (Lipinski definition) is 0. The summed E-state index contributed by atoms with van der Waals surface area (Å²) in [5.74, 6) is -0.0249. The normalized spacial score (nSPS) is 13.0. The summed E-state index contributed by atoms with van der Waals surface area (Å²) >= 11 is 3.38. The van der Waals surface area contributed by atoms with E-state index in [9.17, 15) is 4.79 Å². The van der Waals surface area contributed by atoms with Gasteiger partial charge in [0.2, 0.25) is 5.78 Å². The molecule has 1 atom stereocenters. The molecule has 0 spiro atoms. The molecule has 1 aromatic rings. The summed E-state index contributed by atoms with van der Waals surface area (Å²) in [6.07, 6.45) is 1.91. The molecule has 0 saturated heterocycles. The van der Waals surface area contributed by atoms with E-state index in [2.05, 4.69) is 25.9 Å². The van der Waals surface area contributed by atoms with Gasteiger partial charge >= 0.3 is 0 Å². The van der Waals surface area contributed by atoms with Gasteiger partial charge in [0.1, 0.15) is 11.8 Å². The van der Waals surface area contributed by atoms with Crippen LogP contribution in [0, 0.1) is 0 Å². The van der Waals surface area contributed by atoms with E-state index in [1.165, 1.54) is 0 Å². The topological polar surface area (TPSA) is 47.4 Å². The third-order valence-corrected chi connectivity index (χ3v) is 3.32. The zero-order valence-electron chi connectivity index (χ0n) is 11.3. The molecule has 0 saturated carbocycles. The molecule has 0 aliphatic rings. The molecule has 1 rings (SSSR count). The summed E-state index contributed by atoms with van der Waals surface area (Å²) in [6.45, 7) is 3.44. The summed E-state index contributed by atoms with van der Waals surface area (Å²) < 4.78 is 7.65. The van der Waals surface area contributed by atoms with E-state index in [-0.39, 0.29) is 5.78 Å². The van der Waals surface area contributed by atoms with Crippen LogP contribution in [0.15, 0.2) is 10.7 Å². The molecule has 18 heavy (non-hydrogen) atoms. The number of likely N-dealkylation sites (N-methyl/N-ethyl adjacent to an activating group) is 1. The second-order valence-electron chi connectivity index (χ2n) is 4.36. The summed E-state index contributed by atoms with van der Waals surface area (Å²) in [7, 11) is 5.54. The smallest absolute Gasteiger partial charge is 0.210 e. The number of hydrogen-bond acceptors (Lipinski definition) is 4. The maximum absolute atomic E-state index is 12.3. The van der Waals surface area contributed by atoms with Gasteiger partial charge in [0, 0.05) is 13.7 Å². The van der Waals surface area contributed by atoms with Gasteiger partial charge in [-0.05, 0) is 36.4 Å². The van der Waals surface area contributed by atoms with Crippen molar-refractivity contribution in [3.63, 3.8) is 0 Å². The van der Waals surface area contributed by atoms with E-state index in [4.69, 9.17) is 4.74 Å². The van der Waals surface area contributed by atoms with Gasteiger partial charge in [-0.25, -0.2) is 0 Å². The third kappa shape index (κ3) is 3.63. The highest BCUT2D eigenvalue weighted by atomic mass is 79.9. The SMILES string of the molecule is CCC(OC)C(=O)c1c(Br)cnn1CCN(C)C. The molecule has 1 unspecified atom stereocenters. The fraction of sp³-hybridized carbons (Fsp3) is 0.667. The lowest BCUT2D eigenvalue weighted by Crippen LogP contribution is -2.27. The molecule has 0 aromatic carbocycles. The van der Waals surface area contributed by atoms with Gasteiger partial charge < -0.3 is 9.64 Å². The van der Waals surface area contributed by atoms with Crippen LogP contribution in [0.1, 0.15) is 23.8 Å². The predicted molar refractivity (Wildman–Crippen MR) is 73.9 cm³/mol. The van der Waals surface area contributed by atoms with Crippen LogP contribution in [0.2, 0.25) is 0 Å². The van der Waals surface area contributed by atoms with Crippen molar-refractivity contribution < 1.29 is 9.53 Å². The summed E-state index contributed by atoms with van der Waals surface area (Å²) in [6, 6.07) is 0. The number of ketones is 1. The zero-order valence-corrected chi connectivity index (χ0v) is 12.9. The van der Waals surface area contributed by atoms with Crippen LogP contribution in [-0.2, 0) is 11.3 Å². The highest BCUT2D eigenvalue weighted by molar-refractivity contribution is 9.10. The Kier molecular flexibility index (Phi) is 5.98. The minimum Gasteiger partial charge on any atom is -0.373 e. The fourth-order valence-corrected chi connectivity index (χ4v) is 2.17. The van der Waals surface area contributed by atoms with E-state index in [1.54, 1.807) is 18.0 Å². The second kappa shape index (κ2) is 7.01. The number of carbonyl (C=O) groups is 1. The maximum Gasteiger partial charge on any atom is 0.210 e. The number of ether oxygens (including phenoxy) is 1. The van der Waals surface area contributed by atoms with Crippen molar-refractivity contribution in [1.29, 1.82) is 0 Å². The van der Waals surface area contributed by atoms with Crippen molar-refractivity contribution in [1.82, 2.24) is 14.7 Å². The molecule has 5 nitrogen and oxygen atoms in total. The van der Waals surface area contributed by atoms with Gasteiger partial charge in [0.25, 0.3) is 0 Å². The molecule has 1 heterocycles. The predicted octanol–water partition coefficient (Wildman–Crippen LogP) is 1.81. The summed E-state index contributed by atoms with van der Waals surface area (Å²) in [5, 5.41) is 4.23. The number of nitrogens with zero attached hydrogens (tertiary/aromatic N) is 3. The van der Waals surface area contributed by atoms with Gasteiger partial charge in [0.15, 0.2) is 0 Å². The highest BCUT2D eigenvalue weighted by Gasteiger charge is 2.24. The standard InChI is InChI=1S/C12H20BrN3O2/c1-5-10(18-4)12(17)11-9(13)8-14-16(11)7-6-15(2)3/h8,10H,5-7H2,1-4H3. The number of aromatic nitrogens is 2. The van der Waals surface area contributed by atoms with Crippen LogP contribution in [0.4, 0.5) is 0 Å². The third-order valence-electron chi connectivity index (χ3n) is 2.73. The van der Waals surface area contributed by atoms with Crippen LogP contribution in [0.5, 0.6) is 0 Å². The average molecular weight is 318 g/mol. The van der Waals surface area contributed by atoms with E-state index >= 15 is 0 Å². The van der Waals surface area contributed by atoms with Crippen molar-refractivity contribution in [2.75, 3.05) is 27.7 Å². The Hall–Kier alpha value is -0.720. The Labute approximate surface area is 116 Å². The lowest BCUT2D eigenvalue weighted by Gasteiger charge is -2.15. The molecule has 1 aromatic heterocycles. The molecule has 0 aliphatic heterocycles. The first kappa shape index (κ1) is 15.3. The lowest BCUT2D eigenvalue weighted by molar-refractivity contribution is 0.0583. The first-order valence-corrected chi connectivity index (χ1v) is 6.73. The van der Waals surface area contributed by atoms with Gasteiger partial charge in [0.05, 0.1) is 17.2 Å². The summed E-state index contributed by atoms with van der Waals surface area (Å²) in [4.78, 5) is 14.4. The monoisotopic (exact) mass is 317 g/mol. The number of methoxy groups -OCH3 is 1. The van der Waals surface area contributed by atoms with Crippen LogP contribution >= 0.6 is 15.9 Å². The number of rotatable bonds is 7. The second-order valence-corrected chi connectivity index (χ2v) is 5.22. The molecule has 0 fully saturated rings. The first-order valence-electron chi connectivity index (χ1n) is 5.94. The quantitative estimate of drug-likeness (QED) is 0.720. The minimum atomic E-state index is -0.406. The molecule has 0 N–H and O–H groups in total. The number of carbonyl (C=O) groups excluding carboxylic acids is 1. The Morgan fingerprint density at radius 3 is 2.78 bits per heavy atom. The summed E-state index contributed by atoms with van der Waals surface area (Å²) in [5.41, 5.74) is 0.588. The van der Waals surface area contributed by atoms with Gasteiger partial charge in [-0.2, -0.15) is 5.10 Å². The Morgan fingerprint density at radius 1 is 1.61 bits per heavy atom. The molecule has 0 amide bonds. The number of halogens is 1. The van der Waals surface area contributed by atoms with Crippen molar-refractivity contribution in [2.45, 2.75) is 26.0 Å². The minimum absolute atomic E-state index is 0.0249. The molecule has 102 valence electrons. The van der Waals surface area contributed by atoms with Crippen molar-refractivity contribution in [3.05, 3.63) is 16.4 Å². The molecular weight excluding hydrogens is 298 g/mol. The van der Waals surface area contributed by atoms with E-state index in [0.29, 0.717) is 18.7 Å². The maximum atomic E-state index is 12.3. The zero-order chi connectivity index (χ0) is 13.7. The molecule has 0 bridgehead atoms. The number of Topliss-reactive ketones (excluding diaryl/α,β-unsaturated/α-hetero) is 1. The van der Waals surface area contributed by atoms with E-state index < -0.39 is 6.10 Å². The van der Waals surface area contributed by atoms with Gasteiger partial charge in [-0.1, -0.05) is 6.92 Å². The molecule has 0 radical (unpaired) electrons. The Morgan fingerprint density at radius 2 is 2.28 bits per heavy atom. The molecular formula is C12H20BrN3O2. The molecule has 6 heteroatoms. The largest absolute Gasteiger partial charge is 0.373 e. The van der Waals surface area contributed by atoms with Crippen LogP contribution in [-0.4, -0.2) is 54.3 Å². The average Bonchev–Trinajstić information content (AvgIpc) is 2.69. The van der Waals surface area contributed by atoms with Crippen molar-refractivity contribution in [2.24, 2.45) is 0 Å². The fourth-order valence-electron chi connectivity index (χ4n) is 1.68. The Balaban J connectivity index is 2.92. The van der Waals surface area contributed by atoms with Crippen LogP contribution in [0.3, 0.4) is 0 Å². The van der Waals surface area contributed by atoms with Crippen molar-refractivity contribution >= 4 is 21.7 Å². The Bertz CT molecular complexity index is 400. The van der Waals surface area contributed by atoms with Gasteiger partial charge in [-0.3, -0.25) is 9.48 Å². The lowest BCUT2D eigenvalue weighted by atomic mass is 10.1. The first-order chi connectivity index (χ1) is 8.51. The van der Waals surface area contributed by atoms with E-state index in [1.807, 2.05) is 21.0 Å². The van der Waals surface area contributed by atoms with Gasteiger partial charge in [-0.15, -0.1) is 0 Å². The van der Waals surface area contributed by atoms with Crippen molar-refractivity contribution in [3.8, 4) is 0 Å². The van der Waals surface area contributed by atoms with Crippen LogP contribution in [0.25, 0.3) is 0 Å².